The quantitative estimate of drug-likeness (QED) is 0.769. The first-order chi connectivity index (χ1) is 7.58. The molecule has 1 heterocycles. The Morgan fingerprint density at radius 3 is 2.62 bits per heavy atom. The number of hydrogen-bond acceptors (Lipinski definition) is 2. The van der Waals surface area contributed by atoms with Crippen molar-refractivity contribution >= 4 is 39.0 Å². The summed E-state index contributed by atoms with van der Waals surface area (Å²) in [5.41, 5.74) is 0.934. The zero-order valence-corrected chi connectivity index (χ0v) is 11.2. The second kappa shape index (κ2) is 4.54. The summed E-state index contributed by atoms with van der Waals surface area (Å²) >= 11 is 2.04. The molecule has 16 heavy (non-hydrogen) atoms. The van der Waals surface area contributed by atoms with E-state index in [1.807, 2.05) is 52.9 Å². The molecule has 0 aromatic heterocycles. The van der Waals surface area contributed by atoms with Gasteiger partial charge >= 0.3 is 10.2 Å². The summed E-state index contributed by atoms with van der Waals surface area (Å²) in [5.74, 6) is 0. The number of nitrogens with zero attached hydrogens (tertiary/aromatic N) is 2. The minimum Gasteiger partial charge on any atom is -0.253 e. The highest BCUT2D eigenvalue weighted by Crippen LogP contribution is 2.18. The van der Waals surface area contributed by atoms with Crippen molar-refractivity contribution in [1.29, 1.82) is 0 Å². The van der Waals surface area contributed by atoms with Crippen molar-refractivity contribution in [3.8, 4) is 0 Å². The largest absolute Gasteiger partial charge is 0.344 e. The van der Waals surface area contributed by atoms with E-state index in [1.165, 1.54) is 10.5 Å². The van der Waals surface area contributed by atoms with Gasteiger partial charge in [-0.05, 0) is 28.2 Å². The zero-order chi connectivity index (χ0) is 11.6. The number of benzene rings is 1. The molecule has 1 aliphatic heterocycles. The van der Waals surface area contributed by atoms with Gasteiger partial charge in [-0.2, -0.15) is 12.8 Å². The number of halogens is 1. The van der Waals surface area contributed by atoms with Crippen LogP contribution in [0.2, 0.25) is 0 Å². The lowest BCUT2D eigenvalue weighted by molar-refractivity contribution is 0.496. The maximum atomic E-state index is 11.6. The molecule has 0 unspecified atom stereocenters. The first-order valence-corrected chi connectivity index (χ1v) is 7.04. The van der Waals surface area contributed by atoms with Crippen LogP contribution in [-0.4, -0.2) is 18.9 Å². The van der Waals surface area contributed by atoms with Crippen molar-refractivity contribution in [2.45, 2.75) is 6.54 Å². The molecule has 0 fully saturated rings. The van der Waals surface area contributed by atoms with Gasteiger partial charge in [-0.1, -0.05) is 30.3 Å². The Kier molecular flexibility index (Phi) is 3.29. The van der Waals surface area contributed by atoms with Crippen molar-refractivity contribution < 1.29 is 8.42 Å². The van der Waals surface area contributed by atoms with E-state index in [9.17, 15) is 8.42 Å². The van der Waals surface area contributed by atoms with E-state index in [0.29, 0.717) is 6.54 Å². The van der Waals surface area contributed by atoms with Crippen LogP contribution in [0, 0.1) is 0 Å². The molecule has 0 amide bonds. The van der Waals surface area contributed by atoms with Gasteiger partial charge in [0.05, 0.1) is 12.8 Å². The van der Waals surface area contributed by atoms with Gasteiger partial charge in [-0.3, -0.25) is 4.31 Å². The smallest absolute Gasteiger partial charge is 0.253 e. The van der Waals surface area contributed by atoms with E-state index in [0.717, 1.165) is 9.14 Å². The molecule has 0 spiro atoms. The van der Waals surface area contributed by atoms with Gasteiger partial charge in [0.15, 0.2) is 0 Å². The maximum Gasteiger partial charge on any atom is 0.344 e. The SMILES string of the molecule is O=S1(=O)N=CC(I)=CN1Cc1ccccc1. The van der Waals surface area contributed by atoms with Crippen LogP contribution in [0.5, 0.6) is 0 Å². The highest BCUT2D eigenvalue weighted by Gasteiger charge is 2.20. The van der Waals surface area contributed by atoms with Crippen molar-refractivity contribution in [3.05, 3.63) is 45.7 Å². The summed E-state index contributed by atoms with van der Waals surface area (Å²) in [4.78, 5) is 0. The van der Waals surface area contributed by atoms with E-state index in [-0.39, 0.29) is 0 Å². The second-order valence-corrected chi connectivity index (χ2v) is 6.08. The molecule has 0 radical (unpaired) electrons. The minimum absolute atomic E-state index is 0.313. The summed E-state index contributed by atoms with van der Waals surface area (Å²) in [6, 6.07) is 9.42. The van der Waals surface area contributed by atoms with Crippen LogP contribution in [0.3, 0.4) is 0 Å². The lowest BCUT2D eigenvalue weighted by atomic mass is 10.2. The van der Waals surface area contributed by atoms with Crippen LogP contribution in [0.4, 0.5) is 0 Å². The minimum atomic E-state index is -3.53. The van der Waals surface area contributed by atoms with E-state index in [1.54, 1.807) is 6.20 Å². The molecule has 4 nitrogen and oxygen atoms in total. The molecule has 0 bridgehead atoms. The molecule has 0 aliphatic carbocycles. The van der Waals surface area contributed by atoms with Crippen LogP contribution >= 0.6 is 22.6 Å². The van der Waals surface area contributed by atoms with Gasteiger partial charge in [-0.25, -0.2) is 0 Å². The van der Waals surface area contributed by atoms with E-state index in [4.69, 9.17) is 0 Å². The Labute approximate surface area is 108 Å². The zero-order valence-electron chi connectivity index (χ0n) is 8.25. The lowest BCUT2D eigenvalue weighted by Crippen LogP contribution is -2.26. The summed E-state index contributed by atoms with van der Waals surface area (Å²) in [6.07, 6.45) is 2.92. The predicted octanol–water partition coefficient (Wildman–Crippen LogP) is 2.09. The Morgan fingerprint density at radius 2 is 1.94 bits per heavy atom. The average molecular weight is 348 g/mol. The molecule has 0 atom stereocenters. The van der Waals surface area contributed by atoms with Gasteiger partial charge in [0, 0.05) is 9.78 Å². The first kappa shape index (κ1) is 11.6. The van der Waals surface area contributed by atoms with Crippen LogP contribution < -0.4 is 0 Å². The fourth-order valence-electron chi connectivity index (χ4n) is 1.31. The topological polar surface area (TPSA) is 49.7 Å². The molecule has 1 aromatic rings. The fourth-order valence-corrected chi connectivity index (χ4v) is 3.09. The highest BCUT2D eigenvalue weighted by molar-refractivity contribution is 14.1. The lowest BCUT2D eigenvalue weighted by Gasteiger charge is -2.20. The Bertz CT molecular complexity index is 537. The van der Waals surface area contributed by atoms with Gasteiger partial charge < -0.3 is 0 Å². The van der Waals surface area contributed by atoms with Crippen LogP contribution in [-0.2, 0) is 16.8 Å². The molecule has 1 aliphatic rings. The molecule has 0 saturated heterocycles. The normalized spacial score (nSPS) is 18.3. The average Bonchev–Trinajstić information content (AvgIpc) is 2.26. The maximum absolute atomic E-state index is 11.6. The summed E-state index contributed by atoms with van der Waals surface area (Å²) < 4.78 is 28.8. The van der Waals surface area contributed by atoms with Crippen molar-refractivity contribution in [1.82, 2.24) is 4.31 Å². The third-order valence-corrected chi connectivity index (χ3v) is 3.81. The van der Waals surface area contributed by atoms with Crippen molar-refractivity contribution in [2.24, 2.45) is 4.40 Å². The molecule has 1 aromatic carbocycles. The monoisotopic (exact) mass is 348 g/mol. The predicted molar refractivity (Wildman–Crippen MR) is 71.5 cm³/mol. The third kappa shape index (κ3) is 2.62. The molecular weight excluding hydrogens is 339 g/mol. The van der Waals surface area contributed by atoms with Crippen molar-refractivity contribution in [3.63, 3.8) is 0 Å². The highest BCUT2D eigenvalue weighted by atomic mass is 127. The molecule has 6 heteroatoms. The summed E-state index contributed by atoms with van der Waals surface area (Å²) in [7, 11) is -3.53. The Hall–Kier alpha value is -0.890. The van der Waals surface area contributed by atoms with Gasteiger partial charge in [0.2, 0.25) is 0 Å². The van der Waals surface area contributed by atoms with Gasteiger partial charge in [0.25, 0.3) is 0 Å². The molecule has 84 valence electrons. The summed E-state index contributed by atoms with van der Waals surface area (Å²) in [5, 5.41) is 0. The molecule has 0 saturated carbocycles. The number of allylic oxidation sites excluding steroid dienone is 1. The van der Waals surface area contributed by atoms with Crippen molar-refractivity contribution in [2.75, 3.05) is 0 Å². The fraction of sp³-hybridized carbons (Fsp3) is 0.100. The summed E-state index contributed by atoms with van der Waals surface area (Å²) in [6.45, 7) is 0.313. The molecule has 2 rings (SSSR count). The second-order valence-electron chi connectivity index (χ2n) is 3.26. The molecule has 0 N–H and O–H groups in total. The Balaban J connectivity index is 2.25. The first-order valence-electron chi connectivity index (χ1n) is 4.56. The van der Waals surface area contributed by atoms with E-state index >= 15 is 0 Å². The van der Waals surface area contributed by atoms with Crippen LogP contribution in [0.1, 0.15) is 5.56 Å². The van der Waals surface area contributed by atoms with E-state index in [2.05, 4.69) is 4.40 Å². The number of hydrogen-bond donors (Lipinski definition) is 0. The Morgan fingerprint density at radius 1 is 1.25 bits per heavy atom. The third-order valence-electron chi connectivity index (χ3n) is 2.05. The van der Waals surface area contributed by atoms with Gasteiger partial charge in [-0.15, -0.1) is 0 Å². The molecular formula is C10H9IN2O2S. The van der Waals surface area contributed by atoms with Gasteiger partial charge in [0.1, 0.15) is 0 Å². The number of rotatable bonds is 2. The van der Waals surface area contributed by atoms with Crippen LogP contribution in [0.15, 0.2) is 44.5 Å². The van der Waals surface area contributed by atoms with Crippen LogP contribution in [0.25, 0.3) is 0 Å². The standard InChI is InChI=1S/C10H9IN2O2S/c11-10-6-12-16(14,15)13(8-10)7-9-4-2-1-3-5-9/h1-6,8H,7H2. The van der Waals surface area contributed by atoms with E-state index < -0.39 is 10.2 Å².